The number of hydrogen-bond donors (Lipinski definition) is 3. The molecule has 3 aromatic rings. The lowest BCUT2D eigenvalue weighted by atomic mass is 10.1. The molecule has 1 saturated heterocycles. The lowest BCUT2D eigenvalue weighted by molar-refractivity contribution is -0.123. The normalized spacial score (nSPS) is 17.4. The number of fused-ring (bicyclic) bond motifs is 5. The number of nitrogens with one attached hydrogen (secondary N) is 3. The molecule has 1 atom stereocenters. The molecule has 3 amide bonds. The van der Waals surface area contributed by atoms with Crippen molar-refractivity contribution in [1.29, 1.82) is 0 Å². The molecule has 2 aromatic heterocycles. The van der Waals surface area contributed by atoms with Crippen LogP contribution in [0, 0.1) is 0 Å². The Morgan fingerprint density at radius 3 is 2.88 bits per heavy atom. The largest absolute Gasteiger partial charge is 0.405 e. The number of benzene rings is 1. The number of aromatic amines is 1. The SMILES string of the molecule is O=C(NCC(F)(F)F)c1ccc2c(n1)N(C(=O)Nc1ccc3[nH]cnc3c1)[C@H]1CCN2C1. The van der Waals surface area contributed by atoms with Crippen LogP contribution in [-0.4, -0.2) is 58.7 Å². The number of pyridine rings is 1. The van der Waals surface area contributed by atoms with Gasteiger partial charge in [-0.25, -0.2) is 14.8 Å². The molecular formula is C20H18F3N7O2. The Morgan fingerprint density at radius 1 is 1.22 bits per heavy atom. The maximum Gasteiger partial charge on any atom is 0.405 e. The summed E-state index contributed by atoms with van der Waals surface area (Å²) in [7, 11) is 0. The number of hydrogen-bond acceptors (Lipinski definition) is 5. The predicted molar refractivity (Wildman–Crippen MR) is 111 cm³/mol. The summed E-state index contributed by atoms with van der Waals surface area (Å²) in [5.74, 6) is -0.709. The molecule has 3 N–H and O–H groups in total. The van der Waals surface area contributed by atoms with Crippen molar-refractivity contribution in [2.45, 2.75) is 18.6 Å². The third-order valence-corrected chi connectivity index (χ3v) is 5.53. The van der Waals surface area contributed by atoms with Gasteiger partial charge < -0.3 is 20.5 Å². The van der Waals surface area contributed by atoms with Gasteiger partial charge in [-0.15, -0.1) is 0 Å². The van der Waals surface area contributed by atoms with Crippen molar-refractivity contribution >= 4 is 40.2 Å². The first-order valence-corrected chi connectivity index (χ1v) is 9.93. The lowest BCUT2D eigenvalue weighted by Crippen LogP contribution is -2.48. The van der Waals surface area contributed by atoms with E-state index >= 15 is 0 Å². The van der Waals surface area contributed by atoms with Gasteiger partial charge in [0.25, 0.3) is 5.91 Å². The van der Waals surface area contributed by atoms with Crippen LogP contribution in [0.1, 0.15) is 16.9 Å². The maximum atomic E-state index is 13.2. The minimum atomic E-state index is -4.53. The summed E-state index contributed by atoms with van der Waals surface area (Å²) in [6.07, 6.45) is -2.27. The Hall–Kier alpha value is -3.83. The lowest BCUT2D eigenvalue weighted by Gasteiger charge is -2.35. The standard InChI is InChI=1S/C20H18F3N7O2/c21-20(22,23)9-24-18(31)14-3-4-16-17(28-14)30(12-5-6-29(16)8-12)19(32)27-11-1-2-13-15(7-11)26-10-25-13/h1-4,7,10,12H,5-6,8-9H2,(H,24,31)(H,25,26)(H,27,32)/t12-/m0/s1. The van der Waals surface area contributed by atoms with Crippen LogP contribution in [0.5, 0.6) is 0 Å². The first-order chi connectivity index (χ1) is 15.3. The average molecular weight is 445 g/mol. The Bertz CT molecular complexity index is 1210. The van der Waals surface area contributed by atoms with Crippen LogP contribution in [-0.2, 0) is 0 Å². The van der Waals surface area contributed by atoms with Gasteiger partial charge >= 0.3 is 12.2 Å². The summed E-state index contributed by atoms with van der Waals surface area (Å²) < 4.78 is 37.4. The summed E-state index contributed by atoms with van der Waals surface area (Å²) >= 11 is 0. The van der Waals surface area contributed by atoms with E-state index < -0.39 is 24.7 Å². The number of urea groups is 1. The van der Waals surface area contributed by atoms with Crippen LogP contribution in [0.4, 0.5) is 35.2 Å². The molecule has 2 bridgehead atoms. The van der Waals surface area contributed by atoms with Gasteiger partial charge in [-0.3, -0.25) is 9.69 Å². The number of alkyl halides is 3. The third-order valence-electron chi connectivity index (χ3n) is 5.53. The van der Waals surface area contributed by atoms with E-state index in [1.54, 1.807) is 30.6 Å². The Labute approximate surface area is 179 Å². The van der Waals surface area contributed by atoms with Crippen molar-refractivity contribution in [1.82, 2.24) is 20.3 Å². The van der Waals surface area contributed by atoms with Crippen molar-refractivity contribution in [2.75, 3.05) is 34.8 Å². The minimum absolute atomic E-state index is 0.169. The zero-order valence-corrected chi connectivity index (χ0v) is 16.6. The minimum Gasteiger partial charge on any atom is -0.366 e. The number of nitrogens with zero attached hydrogens (tertiary/aromatic N) is 4. The summed E-state index contributed by atoms with van der Waals surface area (Å²) in [5.41, 5.74) is 2.52. The quantitative estimate of drug-likeness (QED) is 0.575. The number of carbonyl (C=O) groups excluding carboxylic acids is 2. The van der Waals surface area contributed by atoms with Gasteiger partial charge in [0, 0.05) is 18.8 Å². The highest BCUT2D eigenvalue weighted by atomic mass is 19.4. The molecule has 1 fully saturated rings. The van der Waals surface area contributed by atoms with Gasteiger partial charge in [0.05, 0.1) is 29.1 Å². The number of imidazole rings is 1. The fourth-order valence-corrected chi connectivity index (χ4v) is 4.06. The highest BCUT2D eigenvalue weighted by Crippen LogP contribution is 2.39. The first kappa shape index (κ1) is 20.1. The second-order valence-corrected chi connectivity index (χ2v) is 7.66. The van der Waals surface area contributed by atoms with Crippen LogP contribution in [0.2, 0.25) is 0 Å². The van der Waals surface area contributed by atoms with Gasteiger partial charge in [0.1, 0.15) is 12.2 Å². The summed E-state index contributed by atoms with van der Waals surface area (Å²) in [6, 6.07) is 7.63. The Balaban J connectivity index is 1.43. The van der Waals surface area contributed by atoms with E-state index in [0.717, 1.165) is 5.52 Å². The van der Waals surface area contributed by atoms with E-state index in [2.05, 4.69) is 20.3 Å². The van der Waals surface area contributed by atoms with Crippen LogP contribution in [0.15, 0.2) is 36.7 Å². The van der Waals surface area contributed by atoms with E-state index in [0.29, 0.717) is 36.4 Å². The van der Waals surface area contributed by atoms with Crippen molar-refractivity contribution in [2.24, 2.45) is 0 Å². The zero-order chi connectivity index (χ0) is 22.5. The van der Waals surface area contributed by atoms with Gasteiger partial charge in [-0.1, -0.05) is 0 Å². The topological polar surface area (TPSA) is 106 Å². The van der Waals surface area contributed by atoms with E-state index in [1.165, 1.54) is 11.0 Å². The number of aromatic nitrogens is 3. The highest BCUT2D eigenvalue weighted by molar-refractivity contribution is 6.06. The summed E-state index contributed by atoms with van der Waals surface area (Å²) in [4.78, 5) is 40.4. The molecular weight excluding hydrogens is 427 g/mol. The average Bonchev–Trinajstić information content (AvgIpc) is 3.38. The fourth-order valence-electron chi connectivity index (χ4n) is 4.06. The zero-order valence-electron chi connectivity index (χ0n) is 16.6. The van der Waals surface area contributed by atoms with E-state index in [1.807, 2.05) is 10.2 Å². The summed E-state index contributed by atoms with van der Waals surface area (Å²) in [5, 5.41) is 4.65. The van der Waals surface area contributed by atoms with Gasteiger partial charge in [0.2, 0.25) is 0 Å². The molecule has 1 aromatic carbocycles. The predicted octanol–water partition coefficient (Wildman–Crippen LogP) is 2.88. The number of rotatable bonds is 3. The highest BCUT2D eigenvalue weighted by Gasteiger charge is 2.40. The van der Waals surface area contributed by atoms with Crippen LogP contribution in [0.25, 0.3) is 11.0 Å². The molecule has 166 valence electrons. The maximum absolute atomic E-state index is 13.2. The molecule has 0 unspecified atom stereocenters. The molecule has 32 heavy (non-hydrogen) atoms. The number of halogens is 3. The molecule has 0 aliphatic carbocycles. The number of H-pyrrole nitrogens is 1. The van der Waals surface area contributed by atoms with E-state index in [9.17, 15) is 22.8 Å². The molecule has 12 heteroatoms. The van der Waals surface area contributed by atoms with Crippen LogP contribution in [0.3, 0.4) is 0 Å². The first-order valence-electron chi connectivity index (χ1n) is 9.93. The number of carbonyl (C=O) groups is 2. The number of amides is 3. The van der Waals surface area contributed by atoms with Crippen molar-refractivity contribution < 1.29 is 22.8 Å². The molecule has 2 aliphatic heterocycles. The van der Waals surface area contributed by atoms with Crippen molar-refractivity contribution in [3.05, 3.63) is 42.4 Å². The van der Waals surface area contributed by atoms with Crippen molar-refractivity contribution in [3.63, 3.8) is 0 Å². The van der Waals surface area contributed by atoms with Crippen molar-refractivity contribution in [3.8, 4) is 0 Å². The van der Waals surface area contributed by atoms with Gasteiger partial charge in [0.15, 0.2) is 5.82 Å². The monoisotopic (exact) mass is 445 g/mol. The molecule has 4 heterocycles. The molecule has 9 nitrogen and oxygen atoms in total. The van der Waals surface area contributed by atoms with Crippen LogP contribution >= 0.6 is 0 Å². The molecule has 5 rings (SSSR count). The molecule has 0 saturated carbocycles. The smallest absolute Gasteiger partial charge is 0.366 e. The van der Waals surface area contributed by atoms with E-state index in [4.69, 9.17) is 0 Å². The second-order valence-electron chi connectivity index (χ2n) is 7.66. The number of anilines is 3. The van der Waals surface area contributed by atoms with Gasteiger partial charge in [-0.2, -0.15) is 13.2 Å². The second kappa shape index (κ2) is 7.39. The Morgan fingerprint density at radius 2 is 2.06 bits per heavy atom. The molecule has 0 radical (unpaired) electrons. The summed E-state index contributed by atoms with van der Waals surface area (Å²) in [6.45, 7) is -0.138. The fraction of sp³-hybridized carbons (Fsp3) is 0.300. The van der Waals surface area contributed by atoms with Crippen LogP contribution < -0.4 is 20.4 Å². The third kappa shape index (κ3) is 3.67. The Kier molecular flexibility index (Phi) is 4.64. The molecule has 2 aliphatic rings. The van der Waals surface area contributed by atoms with Gasteiger partial charge in [-0.05, 0) is 36.8 Å². The molecule has 0 spiro atoms. The van der Waals surface area contributed by atoms with E-state index in [-0.39, 0.29) is 17.6 Å².